The first-order chi connectivity index (χ1) is 9.13. The number of allylic oxidation sites excluding steroid dienone is 2. The van der Waals surface area contributed by atoms with Crippen molar-refractivity contribution < 1.29 is 4.74 Å². The molecule has 1 aliphatic carbocycles. The Kier molecular flexibility index (Phi) is 5.03. The summed E-state index contributed by atoms with van der Waals surface area (Å²) in [6.45, 7) is 9.60. The zero-order chi connectivity index (χ0) is 13.8. The van der Waals surface area contributed by atoms with E-state index in [4.69, 9.17) is 4.74 Å². The number of rotatable bonds is 3. The average Bonchev–Trinajstić information content (AvgIpc) is 2.34. The molecule has 1 heterocycles. The molecule has 0 radical (unpaired) electrons. The van der Waals surface area contributed by atoms with Crippen molar-refractivity contribution in [2.75, 3.05) is 6.61 Å². The van der Waals surface area contributed by atoms with Gasteiger partial charge in [0.05, 0.1) is 6.10 Å². The van der Waals surface area contributed by atoms with E-state index in [0.717, 1.165) is 6.61 Å². The van der Waals surface area contributed by atoms with Crippen molar-refractivity contribution in [2.45, 2.75) is 65.9 Å². The van der Waals surface area contributed by atoms with Crippen molar-refractivity contribution >= 4 is 5.71 Å². The van der Waals surface area contributed by atoms with Crippen LogP contribution in [-0.2, 0) is 4.74 Å². The third-order valence-corrected chi connectivity index (χ3v) is 4.35. The van der Waals surface area contributed by atoms with Gasteiger partial charge >= 0.3 is 0 Å². The van der Waals surface area contributed by atoms with Crippen LogP contribution in [0.15, 0.2) is 16.4 Å². The highest BCUT2D eigenvalue weighted by atomic mass is 16.5. The molecule has 0 bridgehead atoms. The van der Waals surface area contributed by atoms with Crippen molar-refractivity contribution in [2.24, 2.45) is 16.9 Å². The number of hydrazone groups is 1. The summed E-state index contributed by atoms with van der Waals surface area (Å²) in [6.07, 6.45) is 6.44. The van der Waals surface area contributed by atoms with Crippen molar-refractivity contribution in [1.29, 1.82) is 0 Å². The summed E-state index contributed by atoms with van der Waals surface area (Å²) in [5, 5.41) is 4.53. The molecular weight excluding hydrogens is 236 g/mol. The molecule has 108 valence electrons. The maximum Gasteiger partial charge on any atom is 0.0575 e. The van der Waals surface area contributed by atoms with Gasteiger partial charge in [0.1, 0.15) is 0 Å². The van der Waals surface area contributed by atoms with Crippen LogP contribution in [0, 0.1) is 11.8 Å². The van der Waals surface area contributed by atoms with Gasteiger partial charge in [-0.25, -0.2) is 0 Å². The zero-order valence-corrected chi connectivity index (χ0v) is 12.8. The fourth-order valence-corrected chi connectivity index (χ4v) is 3.35. The number of hydrogen-bond acceptors (Lipinski definition) is 3. The molecule has 0 aromatic heterocycles. The van der Waals surface area contributed by atoms with Crippen LogP contribution in [0.2, 0.25) is 0 Å². The summed E-state index contributed by atoms with van der Waals surface area (Å²) >= 11 is 0. The fraction of sp³-hybridized carbons (Fsp3) is 0.812. The molecular formula is C16H28N2O. The lowest BCUT2D eigenvalue weighted by molar-refractivity contribution is 0.0445. The van der Waals surface area contributed by atoms with Crippen LogP contribution in [0.3, 0.4) is 0 Å². The van der Waals surface area contributed by atoms with Crippen LogP contribution < -0.4 is 5.43 Å². The van der Waals surface area contributed by atoms with Gasteiger partial charge in [-0.15, -0.1) is 0 Å². The third kappa shape index (κ3) is 3.38. The Morgan fingerprint density at radius 3 is 2.79 bits per heavy atom. The molecule has 1 saturated carbocycles. The Morgan fingerprint density at radius 1 is 1.32 bits per heavy atom. The Hall–Kier alpha value is -0.830. The van der Waals surface area contributed by atoms with Gasteiger partial charge in [0.15, 0.2) is 0 Å². The second-order valence-electron chi connectivity index (χ2n) is 6.06. The zero-order valence-electron chi connectivity index (χ0n) is 12.8. The predicted octanol–water partition coefficient (Wildman–Crippen LogP) is 3.86. The van der Waals surface area contributed by atoms with Gasteiger partial charge in [-0.1, -0.05) is 13.8 Å². The predicted molar refractivity (Wildman–Crippen MR) is 80.1 cm³/mol. The Balaban J connectivity index is 2.15. The van der Waals surface area contributed by atoms with E-state index >= 15 is 0 Å². The first-order valence-electron chi connectivity index (χ1n) is 7.78. The SMILES string of the molecule is CCO[C@@H]1CCCC2=C(C(C)C)NN=C(C)C2CC1. The molecule has 2 atom stereocenters. The van der Waals surface area contributed by atoms with Crippen LogP contribution in [0.5, 0.6) is 0 Å². The van der Waals surface area contributed by atoms with E-state index in [9.17, 15) is 0 Å². The minimum absolute atomic E-state index is 0.455. The second kappa shape index (κ2) is 6.56. The lowest BCUT2D eigenvalue weighted by atomic mass is 9.80. The van der Waals surface area contributed by atoms with Crippen LogP contribution in [0.25, 0.3) is 0 Å². The lowest BCUT2D eigenvalue weighted by Crippen LogP contribution is -2.31. The van der Waals surface area contributed by atoms with E-state index in [1.165, 1.54) is 43.5 Å². The van der Waals surface area contributed by atoms with Crippen molar-refractivity contribution in [3.63, 3.8) is 0 Å². The number of nitrogens with one attached hydrogen (secondary N) is 1. The molecule has 3 heteroatoms. The summed E-state index contributed by atoms with van der Waals surface area (Å²) < 4.78 is 5.84. The van der Waals surface area contributed by atoms with Crippen molar-refractivity contribution in [3.8, 4) is 0 Å². The van der Waals surface area contributed by atoms with Crippen molar-refractivity contribution in [3.05, 3.63) is 11.3 Å². The molecule has 0 aromatic carbocycles. The first kappa shape index (κ1) is 14.6. The fourth-order valence-electron chi connectivity index (χ4n) is 3.35. The average molecular weight is 264 g/mol. The number of fused-ring (bicyclic) bond motifs is 1. The summed E-state index contributed by atoms with van der Waals surface area (Å²) in [6, 6.07) is 0. The van der Waals surface area contributed by atoms with Gasteiger partial charge in [-0.2, -0.15) is 5.10 Å². The van der Waals surface area contributed by atoms with Gasteiger partial charge in [0, 0.05) is 23.9 Å². The van der Waals surface area contributed by atoms with Crippen LogP contribution in [0.1, 0.15) is 59.8 Å². The van der Waals surface area contributed by atoms with Crippen LogP contribution >= 0.6 is 0 Å². The summed E-state index contributed by atoms with van der Waals surface area (Å²) in [7, 11) is 0. The largest absolute Gasteiger partial charge is 0.379 e. The normalized spacial score (nSPS) is 28.4. The van der Waals surface area contributed by atoms with Gasteiger partial charge in [-0.05, 0) is 57.4 Å². The number of hydrogen-bond donors (Lipinski definition) is 1. The van der Waals surface area contributed by atoms with E-state index in [1.54, 1.807) is 5.57 Å². The highest BCUT2D eigenvalue weighted by Crippen LogP contribution is 2.34. The van der Waals surface area contributed by atoms with E-state index in [-0.39, 0.29) is 0 Å². The highest BCUT2D eigenvalue weighted by molar-refractivity contribution is 5.87. The van der Waals surface area contributed by atoms with E-state index in [1.807, 2.05) is 0 Å². The molecule has 1 unspecified atom stereocenters. The topological polar surface area (TPSA) is 33.6 Å². The summed E-state index contributed by atoms with van der Waals surface area (Å²) in [5.74, 6) is 1.08. The maximum absolute atomic E-state index is 5.84. The molecule has 0 amide bonds. The summed E-state index contributed by atoms with van der Waals surface area (Å²) in [5.41, 5.74) is 7.51. The quantitative estimate of drug-likeness (QED) is 0.839. The van der Waals surface area contributed by atoms with E-state index < -0.39 is 0 Å². The van der Waals surface area contributed by atoms with Gasteiger partial charge in [-0.3, -0.25) is 5.43 Å². The molecule has 0 aromatic rings. The minimum atomic E-state index is 0.455. The van der Waals surface area contributed by atoms with E-state index in [0.29, 0.717) is 17.9 Å². The molecule has 2 rings (SSSR count). The molecule has 0 saturated heterocycles. The van der Waals surface area contributed by atoms with Gasteiger partial charge in [0.25, 0.3) is 0 Å². The van der Waals surface area contributed by atoms with Crippen molar-refractivity contribution in [1.82, 2.24) is 5.43 Å². The Labute approximate surface area is 117 Å². The van der Waals surface area contributed by atoms with Crippen LogP contribution in [-0.4, -0.2) is 18.4 Å². The smallest absolute Gasteiger partial charge is 0.0575 e. The maximum atomic E-state index is 5.84. The Morgan fingerprint density at radius 2 is 2.11 bits per heavy atom. The highest BCUT2D eigenvalue weighted by Gasteiger charge is 2.28. The monoisotopic (exact) mass is 264 g/mol. The number of ether oxygens (including phenoxy) is 1. The number of nitrogens with zero attached hydrogens (tertiary/aromatic N) is 1. The van der Waals surface area contributed by atoms with E-state index in [2.05, 4.69) is 38.2 Å². The standard InChI is InChI=1S/C16H28N2O/c1-5-19-13-7-6-8-15-14(10-9-13)12(4)17-18-16(15)11(2)3/h11,13-14,18H,5-10H2,1-4H3/t13-,14?/m1/s1. The first-order valence-corrected chi connectivity index (χ1v) is 7.78. The summed E-state index contributed by atoms with van der Waals surface area (Å²) in [4.78, 5) is 0. The minimum Gasteiger partial charge on any atom is -0.379 e. The lowest BCUT2D eigenvalue weighted by Gasteiger charge is -2.33. The van der Waals surface area contributed by atoms with Gasteiger partial charge in [0.2, 0.25) is 0 Å². The molecule has 1 N–H and O–H groups in total. The second-order valence-corrected chi connectivity index (χ2v) is 6.06. The molecule has 3 nitrogen and oxygen atoms in total. The molecule has 1 aliphatic heterocycles. The molecule has 1 fully saturated rings. The molecule has 2 aliphatic rings. The Bertz CT molecular complexity index is 371. The molecule has 19 heavy (non-hydrogen) atoms. The van der Waals surface area contributed by atoms with Gasteiger partial charge < -0.3 is 4.74 Å². The third-order valence-electron chi connectivity index (χ3n) is 4.35. The molecule has 0 spiro atoms. The van der Waals surface area contributed by atoms with Crippen LogP contribution in [0.4, 0.5) is 0 Å².